The second-order valence-corrected chi connectivity index (χ2v) is 7.01. The van der Waals surface area contributed by atoms with Gasteiger partial charge in [-0.1, -0.05) is 51.5 Å². The molecule has 0 saturated heterocycles. The van der Waals surface area contributed by atoms with Crippen LogP contribution in [-0.2, 0) is 0 Å². The molecule has 0 unspecified atom stereocenters. The number of thiazole rings is 1. The lowest BCUT2D eigenvalue weighted by Gasteiger charge is -2.12. The van der Waals surface area contributed by atoms with E-state index in [0.29, 0.717) is 10.0 Å². The Morgan fingerprint density at radius 2 is 1.78 bits per heavy atom. The molecule has 2 aromatic carbocycles. The summed E-state index contributed by atoms with van der Waals surface area (Å²) in [4.78, 5) is 4.88. The van der Waals surface area contributed by atoms with Gasteiger partial charge in [-0.05, 0) is 42.3 Å². The van der Waals surface area contributed by atoms with E-state index in [-0.39, 0.29) is 17.7 Å². The van der Waals surface area contributed by atoms with Crippen molar-refractivity contribution >= 4 is 32.4 Å². The van der Waals surface area contributed by atoms with Gasteiger partial charge in [0, 0.05) is 4.47 Å². The molecule has 0 bridgehead atoms. The molecule has 3 nitrogen and oxygen atoms in total. The second-order valence-electron chi connectivity index (χ2n) is 5.10. The predicted octanol–water partition coefficient (Wildman–Crippen LogP) is 5.59. The summed E-state index contributed by atoms with van der Waals surface area (Å²) in [6, 6.07) is 14.0. The number of nitrogens with zero attached hydrogens (tertiary/aromatic N) is 1. The van der Waals surface area contributed by atoms with Gasteiger partial charge in [-0.3, -0.25) is 0 Å². The second kappa shape index (κ2) is 6.68. The molecule has 6 heteroatoms. The van der Waals surface area contributed by atoms with Crippen molar-refractivity contribution in [3.05, 3.63) is 64.4 Å². The number of aromatic hydroxyl groups is 1. The van der Waals surface area contributed by atoms with Crippen LogP contribution >= 0.6 is 27.3 Å². The average molecular weight is 393 g/mol. The lowest BCUT2D eigenvalue weighted by molar-refractivity contribution is 0.459. The molecule has 0 aliphatic heterocycles. The molecule has 0 radical (unpaired) electrons. The lowest BCUT2D eigenvalue weighted by Crippen LogP contribution is -2.06. The summed E-state index contributed by atoms with van der Waals surface area (Å²) in [5.41, 5.74) is 1.86. The lowest BCUT2D eigenvalue weighted by atomic mass is 10.1. The van der Waals surface area contributed by atoms with Crippen LogP contribution in [0, 0.1) is 5.82 Å². The van der Waals surface area contributed by atoms with Crippen molar-refractivity contribution in [1.29, 1.82) is 0 Å². The van der Waals surface area contributed by atoms with Gasteiger partial charge in [0.05, 0.1) is 10.9 Å². The van der Waals surface area contributed by atoms with Gasteiger partial charge in [0.2, 0.25) is 5.88 Å². The molecular weight excluding hydrogens is 379 g/mol. The first-order chi connectivity index (χ1) is 11.0. The Bertz CT molecular complexity index is 802. The van der Waals surface area contributed by atoms with Gasteiger partial charge in [-0.2, -0.15) is 4.98 Å². The molecule has 3 aromatic rings. The summed E-state index contributed by atoms with van der Waals surface area (Å²) in [6.45, 7) is 1.96. The topological polar surface area (TPSA) is 45.2 Å². The molecule has 23 heavy (non-hydrogen) atoms. The predicted molar refractivity (Wildman–Crippen MR) is 95.4 cm³/mol. The summed E-state index contributed by atoms with van der Waals surface area (Å²) in [6.07, 6.45) is 0. The minimum Gasteiger partial charge on any atom is -0.492 e. The van der Waals surface area contributed by atoms with E-state index in [1.54, 1.807) is 12.1 Å². The van der Waals surface area contributed by atoms with Crippen molar-refractivity contribution in [1.82, 2.24) is 4.98 Å². The van der Waals surface area contributed by atoms with Crippen LogP contribution in [0.3, 0.4) is 0 Å². The third kappa shape index (κ3) is 3.71. The molecule has 2 N–H and O–H groups in total. The number of rotatable bonds is 4. The van der Waals surface area contributed by atoms with Crippen LogP contribution in [0.5, 0.6) is 5.88 Å². The average Bonchev–Trinajstić information content (AvgIpc) is 2.89. The molecule has 1 aromatic heterocycles. The summed E-state index contributed by atoms with van der Waals surface area (Å²) in [5.74, 6) is -0.253. The van der Waals surface area contributed by atoms with Crippen LogP contribution < -0.4 is 5.32 Å². The fourth-order valence-corrected chi connectivity index (χ4v) is 3.40. The Kier molecular flexibility index (Phi) is 4.63. The Hall–Kier alpha value is -1.92. The summed E-state index contributed by atoms with van der Waals surface area (Å²) in [5, 5.41) is 13.9. The number of hydrogen-bond donors (Lipinski definition) is 2. The first-order valence-corrected chi connectivity index (χ1v) is 8.61. The van der Waals surface area contributed by atoms with E-state index in [9.17, 15) is 9.50 Å². The van der Waals surface area contributed by atoms with Crippen molar-refractivity contribution in [3.8, 4) is 16.3 Å². The van der Waals surface area contributed by atoms with Crippen LogP contribution in [-0.4, -0.2) is 10.1 Å². The van der Waals surface area contributed by atoms with E-state index in [0.717, 1.165) is 15.6 Å². The van der Waals surface area contributed by atoms with E-state index in [4.69, 9.17) is 0 Å². The van der Waals surface area contributed by atoms with E-state index >= 15 is 0 Å². The van der Waals surface area contributed by atoms with Crippen molar-refractivity contribution in [2.75, 3.05) is 5.32 Å². The number of halogens is 2. The summed E-state index contributed by atoms with van der Waals surface area (Å²) in [7, 11) is 0. The molecule has 3 rings (SSSR count). The van der Waals surface area contributed by atoms with E-state index < -0.39 is 0 Å². The summed E-state index contributed by atoms with van der Waals surface area (Å²) >= 11 is 4.77. The Morgan fingerprint density at radius 1 is 1.13 bits per heavy atom. The number of anilines is 1. The van der Waals surface area contributed by atoms with E-state index in [1.807, 2.05) is 31.2 Å². The standard InChI is InChI=1S/C17H14BrFN2OS/c1-10(11-4-8-14(19)9-5-11)20-17-21-16(22)15(23-17)12-2-6-13(18)7-3-12/h2-10,22H,1H3,(H,20,21)/t10-/m0/s1. The van der Waals surface area contributed by atoms with Crippen LogP contribution in [0.25, 0.3) is 10.4 Å². The molecule has 0 fully saturated rings. The largest absolute Gasteiger partial charge is 0.492 e. The quantitative estimate of drug-likeness (QED) is 0.607. The highest BCUT2D eigenvalue weighted by molar-refractivity contribution is 9.10. The van der Waals surface area contributed by atoms with Crippen molar-refractivity contribution in [3.63, 3.8) is 0 Å². The van der Waals surface area contributed by atoms with Crippen LogP contribution in [0.15, 0.2) is 53.0 Å². The number of benzene rings is 2. The van der Waals surface area contributed by atoms with Gasteiger partial charge < -0.3 is 10.4 Å². The van der Waals surface area contributed by atoms with Gasteiger partial charge in [-0.15, -0.1) is 0 Å². The van der Waals surface area contributed by atoms with Gasteiger partial charge in [0.15, 0.2) is 5.13 Å². The zero-order valence-electron chi connectivity index (χ0n) is 12.3. The fourth-order valence-electron chi connectivity index (χ4n) is 2.18. The van der Waals surface area contributed by atoms with Crippen molar-refractivity contribution in [2.45, 2.75) is 13.0 Å². The molecule has 1 heterocycles. The summed E-state index contributed by atoms with van der Waals surface area (Å²) < 4.78 is 14.0. The highest BCUT2D eigenvalue weighted by Crippen LogP contribution is 2.38. The first-order valence-electron chi connectivity index (χ1n) is 7.00. The zero-order valence-corrected chi connectivity index (χ0v) is 14.7. The number of nitrogens with one attached hydrogen (secondary N) is 1. The minimum atomic E-state index is -0.259. The maximum atomic E-state index is 13.0. The molecule has 1 atom stereocenters. The molecular formula is C17H14BrFN2OS. The highest BCUT2D eigenvalue weighted by atomic mass is 79.9. The van der Waals surface area contributed by atoms with Gasteiger partial charge in [0.25, 0.3) is 0 Å². The smallest absolute Gasteiger partial charge is 0.232 e. The Balaban J connectivity index is 1.80. The molecule has 0 saturated carbocycles. The molecule has 0 spiro atoms. The van der Waals surface area contributed by atoms with Gasteiger partial charge in [0.1, 0.15) is 5.82 Å². The maximum Gasteiger partial charge on any atom is 0.232 e. The first kappa shape index (κ1) is 16.0. The Morgan fingerprint density at radius 3 is 2.43 bits per heavy atom. The van der Waals surface area contributed by atoms with Crippen LogP contribution in [0.1, 0.15) is 18.5 Å². The maximum absolute atomic E-state index is 13.0. The van der Waals surface area contributed by atoms with Crippen LogP contribution in [0.2, 0.25) is 0 Å². The molecule has 0 amide bonds. The minimum absolute atomic E-state index is 0.00567. The third-order valence-electron chi connectivity index (χ3n) is 3.43. The van der Waals surface area contributed by atoms with E-state index in [1.165, 1.54) is 23.5 Å². The molecule has 0 aliphatic rings. The number of hydrogen-bond acceptors (Lipinski definition) is 4. The zero-order chi connectivity index (χ0) is 16.4. The Labute approximate surface area is 146 Å². The van der Waals surface area contributed by atoms with E-state index in [2.05, 4.69) is 26.2 Å². The van der Waals surface area contributed by atoms with Crippen molar-refractivity contribution in [2.24, 2.45) is 0 Å². The van der Waals surface area contributed by atoms with Crippen LogP contribution in [0.4, 0.5) is 9.52 Å². The highest BCUT2D eigenvalue weighted by Gasteiger charge is 2.14. The fraction of sp³-hybridized carbons (Fsp3) is 0.118. The molecule has 0 aliphatic carbocycles. The SMILES string of the molecule is C[C@H](Nc1nc(O)c(-c2ccc(Br)cc2)s1)c1ccc(F)cc1. The van der Waals surface area contributed by atoms with Gasteiger partial charge in [-0.25, -0.2) is 4.39 Å². The van der Waals surface area contributed by atoms with Gasteiger partial charge >= 0.3 is 0 Å². The normalized spacial score (nSPS) is 12.1. The van der Waals surface area contributed by atoms with Crippen molar-refractivity contribution < 1.29 is 9.50 Å². The molecule has 118 valence electrons. The number of aromatic nitrogens is 1. The monoisotopic (exact) mass is 392 g/mol. The third-order valence-corrected chi connectivity index (χ3v) is 4.98.